The Labute approximate surface area is 178 Å². The Bertz CT molecular complexity index is 1250. The number of pyridine rings is 1. The van der Waals surface area contributed by atoms with E-state index in [0.29, 0.717) is 24.4 Å². The van der Waals surface area contributed by atoms with Crippen LogP contribution >= 0.6 is 0 Å². The van der Waals surface area contributed by atoms with Gasteiger partial charge < -0.3 is 15.6 Å². The van der Waals surface area contributed by atoms with E-state index in [1.54, 1.807) is 25.6 Å². The summed E-state index contributed by atoms with van der Waals surface area (Å²) in [6.07, 6.45) is 5.60. The zero-order valence-corrected chi connectivity index (χ0v) is 17.1. The minimum atomic E-state index is -0.316. The number of benzene rings is 1. The van der Waals surface area contributed by atoms with Gasteiger partial charge in [-0.2, -0.15) is 0 Å². The molecule has 0 aliphatic heterocycles. The number of imidazole rings is 1. The van der Waals surface area contributed by atoms with Crippen LogP contribution in [-0.2, 0) is 24.3 Å². The van der Waals surface area contributed by atoms with E-state index in [9.17, 15) is 9.59 Å². The Morgan fingerprint density at radius 2 is 1.94 bits per heavy atom. The fourth-order valence-corrected chi connectivity index (χ4v) is 3.23. The molecule has 3 aromatic heterocycles. The zero-order chi connectivity index (χ0) is 21.6. The van der Waals surface area contributed by atoms with Gasteiger partial charge in [0.25, 0.3) is 5.56 Å². The van der Waals surface area contributed by atoms with E-state index in [1.165, 1.54) is 10.1 Å². The lowest BCUT2D eigenvalue weighted by molar-refractivity contribution is -0.121. The molecule has 0 spiro atoms. The summed E-state index contributed by atoms with van der Waals surface area (Å²) in [7, 11) is 0. The normalized spacial score (nSPS) is 10.9. The highest BCUT2D eigenvalue weighted by Gasteiger charge is 2.12. The van der Waals surface area contributed by atoms with Gasteiger partial charge in [-0.05, 0) is 30.5 Å². The Morgan fingerprint density at radius 1 is 1.10 bits per heavy atom. The van der Waals surface area contributed by atoms with Crippen LogP contribution in [0.15, 0.2) is 59.9 Å². The van der Waals surface area contributed by atoms with Crippen molar-refractivity contribution in [2.75, 3.05) is 11.9 Å². The zero-order valence-electron chi connectivity index (χ0n) is 17.1. The summed E-state index contributed by atoms with van der Waals surface area (Å²) >= 11 is 0. The first-order valence-electron chi connectivity index (χ1n) is 9.99. The molecule has 0 saturated heterocycles. The number of carbonyl (C=O) groups excluding carboxylic acids is 1. The summed E-state index contributed by atoms with van der Waals surface area (Å²) in [5.74, 6) is -0.0282. The molecule has 0 unspecified atom stereocenters. The highest BCUT2D eigenvalue weighted by molar-refractivity contribution is 5.76. The van der Waals surface area contributed by atoms with Gasteiger partial charge in [0.05, 0.1) is 11.8 Å². The third-order valence-electron chi connectivity index (χ3n) is 4.92. The predicted molar refractivity (Wildman–Crippen MR) is 118 cm³/mol. The van der Waals surface area contributed by atoms with Crippen molar-refractivity contribution in [3.05, 3.63) is 82.3 Å². The van der Waals surface area contributed by atoms with E-state index in [2.05, 4.69) is 30.6 Å². The summed E-state index contributed by atoms with van der Waals surface area (Å²) in [5.41, 5.74) is 3.75. The van der Waals surface area contributed by atoms with Crippen molar-refractivity contribution in [2.45, 2.75) is 26.4 Å². The van der Waals surface area contributed by atoms with E-state index in [4.69, 9.17) is 0 Å². The number of nitrogens with zero attached hydrogens (tertiary/aromatic N) is 4. The molecule has 0 saturated carbocycles. The fraction of sp³-hybridized carbons (Fsp3) is 0.227. The smallest absolute Gasteiger partial charge is 0.293 e. The molecule has 9 nitrogen and oxygen atoms in total. The standard InChI is InChI=1S/C22H23N7O2/c1-15-10-25-21(23-8-7-16-5-3-2-4-6-16)22(31)29(15)13-19(30)24-11-17-9-18-20(26-12-17)28-14-27-18/h2-6,9-10,12,14H,7-8,11,13H2,1H3,(H,23,25)(H,24,30)(H,26,27,28). The van der Waals surface area contributed by atoms with E-state index in [-0.39, 0.29) is 23.8 Å². The molecule has 0 fully saturated rings. The van der Waals surface area contributed by atoms with E-state index < -0.39 is 0 Å². The number of hydrogen-bond acceptors (Lipinski definition) is 6. The Morgan fingerprint density at radius 3 is 2.77 bits per heavy atom. The molecule has 0 aliphatic carbocycles. The van der Waals surface area contributed by atoms with Gasteiger partial charge in [0.1, 0.15) is 6.54 Å². The minimum Gasteiger partial charge on any atom is -0.365 e. The highest BCUT2D eigenvalue weighted by Crippen LogP contribution is 2.08. The number of fused-ring (bicyclic) bond motifs is 1. The number of rotatable bonds is 8. The average molecular weight is 417 g/mol. The molecule has 0 bridgehead atoms. The third kappa shape index (κ3) is 4.95. The summed E-state index contributed by atoms with van der Waals surface area (Å²) in [6.45, 7) is 2.55. The van der Waals surface area contributed by atoms with Gasteiger partial charge >= 0.3 is 0 Å². The molecule has 0 aliphatic rings. The molecule has 4 aromatic rings. The number of H-pyrrole nitrogens is 1. The van der Waals surface area contributed by atoms with Crippen LogP contribution in [0.1, 0.15) is 16.8 Å². The van der Waals surface area contributed by atoms with Gasteiger partial charge in [0, 0.05) is 31.2 Å². The molecule has 3 N–H and O–H groups in total. The second-order valence-electron chi connectivity index (χ2n) is 7.20. The molecule has 1 amide bonds. The van der Waals surface area contributed by atoms with Crippen LogP contribution in [0, 0.1) is 6.92 Å². The van der Waals surface area contributed by atoms with Gasteiger partial charge in [0.2, 0.25) is 5.91 Å². The number of hydrogen-bond donors (Lipinski definition) is 3. The number of amides is 1. The maximum atomic E-state index is 12.8. The van der Waals surface area contributed by atoms with Crippen molar-refractivity contribution in [3.63, 3.8) is 0 Å². The molecule has 4 rings (SSSR count). The molecule has 0 atom stereocenters. The summed E-state index contributed by atoms with van der Waals surface area (Å²) in [4.78, 5) is 40.7. The summed E-state index contributed by atoms with van der Waals surface area (Å²) in [6, 6.07) is 11.9. The molecular formula is C22H23N7O2. The molecule has 3 heterocycles. The van der Waals surface area contributed by atoms with Gasteiger partial charge in [-0.15, -0.1) is 0 Å². The van der Waals surface area contributed by atoms with E-state index in [0.717, 1.165) is 17.5 Å². The topological polar surface area (TPSA) is 118 Å². The summed E-state index contributed by atoms with van der Waals surface area (Å²) < 4.78 is 1.42. The molecule has 158 valence electrons. The van der Waals surface area contributed by atoms with Crippen LogP contribution in [0.5, 0.6) is 0 Å². The molecule has 0 radical (unpaired) electrons. The highest BCUT2D eigenvalue weighted by atomic mass is 16.2. The average Bonchev–Trinajstić information content (AvgIpc) is 3.25. The van der Waals surface area contributed by atoms with Crippen LogP contribution in [0.4, 0.5) is 5.82 Å². The monoisotopic (exact) mass is 417 g/mol. The van der Waals surface area contributed by atoms with Crippen molar-refractivity contribution < 1.29 is 4.79 Å². The molecule has 31 heavy (non-hydrogen) atoms. The van der Waals surface area contributed by atoms with Crippen LogP contribution < -0.4 is 16.2 Å². The third-order valence-corrected chi connectivity index (χ3v) is 4.92. The minimum absolute atomic E-state index is 0.0831. The number of carbonyl (C=O) groups is 1. The van der Waals surface area contributed by atoms with Crippen molar-refractivity contribution >= 4 is 22.9 Å². The van der Waals surface area contributed by atoms with Gasteiger partial charge in [0.15, 0.2) is 11.5 Å². The Kier molecular flexibility index (Phi) is 6.02. The lowest BCUT2D eigenvalue weighted by atomic mass is 10.1. The molecule has 9 heteroatoms. The maximum Gasteiger partial charge on any atom is 0.293 e. The van der Waals surface area contributed by atoms with Crippen LogP contribution in [-0.4, -0.2) is 37.0 Å². The lowest BCUT2D eigenvalue weighted by Crippen LogP contribution is -2.34. The number of aryl methyl sites for hydroxylation is 1. The van der Waals surface area contributed by atoms with Crippen molar-refractivity contribution in [1.29, 1.82) is 0 Å². The number of nitrogens with one attached hydrogen (secondary N) is 3. The number of aromatic amines is 1. The quantitative estimate of drug-likeness (QED) is 0.402. The van der Waals surface area contributed by atoms with Crippen LogP contribution in [0.2, 0.25) is 0 Å². The Balaban J connectivity index is 1.37. The van der Waals surface area contributed by atoms with Crippen molar-refractivity contribution in [2.24, 2.45) is 0 Å². The van der Waals surface area contributed by atoms with E-state index >= 15 is 0 Å². The second-order valence-corrected chi connectivity index (χ2v) is 7.20. The molecule has 1 aromatic carbocycles. The maximum absolute atomic E-state index is 12.8. The van der Waals surface area contributed by atoms with Gasteiger partial charge in [-0.1, -0.05) is 30.3 Å². The lowest BCUT2D eigenvalue weighted by Gasteiger charge is -2.12. The second kappa shape index (κ2) is 9.21. The van der Waals surface area contributed by atoms with Crippen molar-refractivity contribution in [1.82, 2.24) is 29.8 Å². The molecular weight excluding hydrogens is 394 g/mol. The van der Waals surface area contributed by atoms with Gasteiger partial charge in [-0.25, -0.2) is 15.0 Å². The fourth-order valence-electron chi connectivity index (χ4n) is 3.23. The van der Waals surface area contributed by atoms with Crippen LogP contribution in [0.3, 0.4) is 0 Å². The first-order valence-corrected chi connectivity index (χ1v) is 9.99. The van der Waals surface area contributed by atoms with E-state index in [1.807, 2.05) is 36.4 Å². The SMILES string of the molecule is Cc1cnc(NCCc2ccccc2)c(=O)n1CC(=O)NCc1cnc2nc[nH]c2c1. The first-order chi connectivity index (χ1) is 15.1. The predicted octanol–water partition coefficient (Wildman–Crippen LogP) is 1.79. The number of aromatic nitrogens is 5. The summed E-state index contributed by atoms with van der Waals surface area (Å²) in [5, 5.41) is 5.91. The first kappa shape index (κ1) is 20.3. The van der Waals surface area contributed by atoms with Crippen LogP contribution in [0.25, 0.3) is 11.2 Å². The van der Waals surface area contributed by atoms with Gasteiger partial charge in [-0.3, -0.25) is 14.2 Å². The Hall–Kier alpha value is -4.01. The number of anilines is 1. The van der Waals surface area contributed by atoms with Crippen molar-refractivity contribution in [3.8, 4) is 0 Å². The largest absolute Gasteiger partial charge is 0.365 e.